The van der Waals surface area contributed by atoms with Gasteiger partial charge in [0.15, 0.2) is 24.3 Å². The highest BCUT2D eigenvalue weighted by molar-refractivity contribution is 6.07. The van der Waals surface area contributed by atoms with Crippen LogP contribution in [0.25, 0.3) is 0 Å². The van der Waals surface area contributed by atoms with Gasteiger partial charge in [0.25, 0.3) is 5.91 Å². The average molecular weight is 532 g/mol. The zero-order valence-electron chi connectivity index (χ0n) is 20.3. The molecular formula is C25H27F2N5O6. The number of hydrogen-bond donors (Lipinski definition) is 3. The second kappa shape index (κ2) is 9.76. The van der Waals surface area contributed by atoms with Crippen LogP contribution in [0.15, 0.2) is 65.7 Å². The van der Waals surface area contributed by atoms with Crippen molar-refractivity contribution in [3.8, 4) is 0 Å². The number of halogens is 2. The number of Topliss-reactive ketones (excluding diaryl/α,β-unsaturated/α-hetero) is 1. The van der Waals surface area contributed by atoms with Gasteiger partial charge in [-0.15, -0.1) is 0 Å². The Balaban J connectivity index is 1.68. The summed E-state index contributed by atoms with van der Waals surface area (Å²) >= 11 is 0. The lowest BCUT2D eigenvalue weighted by molar-refractivity contribution is -0.201. The van der Waals surface area contributed by atoms with E-state index in [1.165, 1.54) is 19.2 Å². The van der Waals surface area contributed by atoms with Gasteiger partial charge in [-0.25, -0.2) is 0 Å². The van der Waals surface area contributed by atoms with Crippen LogP contribution in [-0.2, 0) is 9.47 Å². The maximum absolute atomic E-state index is 15.4. The van der Waals surface area contributed by atoms with E-state index in [9.17, 15) is 19.8 Å². The maximum atomic E-state index is 15.4. The summed E-state index contributed by atoms with van der Waals surface area (Å²) in [4.78, 5) is 34.4. The molecular weight excluding hydrogens is 504 g/mol. The van der Waals surface area contributed by atoms with Gasteiger partial charge < -0.3 is 29.5 Å². The summed E-state index contributed by atoms with van der Waals surface area (Å²) in [6.45, 7) is -1.19. The first kappa shape index (κ1) is 26.3. The minimum Gasteiger partial charge on any atom is -0.394 e. The number of carbonyl (C=O) groups excluding carboxylic acids is 2. The predicted molar refractivity (Wildman–Crippen MR) is 129 cm³/mol. The molecule has 2 aromatic rings. The molecule has 3 aliphatic rings. The average Bonchev–Trinajstić information content (AvgIpc) is 3.43. The first-order valence-corrected chi connectivity index (χ1v) is 11.8. The first-order valence-electron chi connectivity index (χ1n) is 11.8. The van der Waals surface area contributed by atoms with Crippen LogP contribution in [-0.4, -0.2) is 106 Å². The molecule has 0 spiro atoms. The van der Waals surface area contributed by atoms with Gasteiger partial charge >= 0.3 is 5.92 Å². The number of carbonyl (C=O) groups is 2. The van der Waals surface area contributed by atoms with Gasteiger partial charge in [-0.2, -0.15) is 13.8 Å². The van der Waals surface area contributed by atoms with Gasteiger partial charge in [0.1, 0.15) is 12.3 Å². The molecule has 0 saturated carbocycles. The highest BCUT2D eigenvalue weighted by atomic mass is 19.3. The third-order valence-corrected chi connectivity index (χ3v) is 7.10. The fraction of sp³-hybridized carbons (Fsp3) is 0.400. The number of alkyl halides is 2. The highest BCUT2D eigenvalue weighted by Crippen LogP contribution is 2.46. The second-order valence-electron chi connectivity index (χ2n) is 9.30. The Morgan fingerprint density at radius 1 is 1.13 bits per heavy atom. The van der Waals surface area contributed by atoms with Crippen molar-refractivity contribution in [3.63, 3.8) is 0 Å². The summed E-state index contributed by atoms with van der Waals surface area (Å²) in [5.74, 6) is 1.16. The lowest BCUT2D eigenvalue weighted by Crippen LogP contribution is -2.78. The number of aliphatic imine (C=N–C) groups is 1. The third kappa shape index (κ3) is 3.82. The van der Waals surface area contributed by atoms with E-state index in [0.717, 1.165) is 21.1 Å². The zero-order chi connectivity index (χ0) is 27.2. The molecule has 11 nitrogen and oxygen atoms in total. The van der Waals surface area contributed by atoms with Gasteiger partial charge in [0, 0.05) is 18.2 Å². The molecule has 5 rings (SSSR count). The van der Waals surface area contributed by atoms with Crippen LogP contribution < -0.4 is 5.84 Å². The molecule has 2 saturated heterocycles. The van der Waals surface area contributed by atoms with E-state index in [0.29, 0.717) is 0 Å². The molecule has 2 aromatic carbocycles. The molecule has 2 fully saturated rings. The van der Waals surface area contributed by atoms with E-state index in [2.05, 4.69) is 4.99 Å². The monoisotopic (exact) mass is 531 g/mol. The summed E-state index contributed by atoms with van der Waals surface area (Å²) in [5, 5.41) is 20.8. The van der Waals surface area contributed by atoms with E-state index >= 15 is 8.78 Å². The summed E-state index contributed by atoms with van der Waals surface area (Å²) in [5.41, 5.74) is -1.61. The van der Waals surface area contributed by atoms with Crippen LogP contribution in [0.1, 0.15) is 20.7 Å². The van der Waals surface area contributed by atoms with Crippen LogP contribution in [0.2, 0.25) is 0 Å². The lowest BCUT2D eigenvalue weighted by atomic mass is 9.82. The van der Waals surface area contributed by atoms with E-state index in [1.807, 2.05) is 0 Å². The number of amides is 1. The van der Waals surface area contributed by atoms with Crippen molar-refractivity contribution < 1.29 is 38.1 Å². The molecule has 0 radical (unpaired) electrons. The van der Waals surface area contributed by atoms with E-state index in [4.69, 9.17) is 15.3 Å². The number of aliphatic hydroxyl groups excluding tert-OH is 2. The summed E-state index contributed by atoms with van der Waals surface area (Å²) < 4.78 is 41.7. The SMILES string of the molecule is COC1N(N)CN(C(=O)c2ccccc2)C2N([C@@H]3O[C@H](CO)[C@@H](O)C3(F)F)C=NC12C(=O)c1ccccc1. The minimum atomic E-state index is -3.89. The number of hydrazine groups is 1. The summed E-state index contributed by atoms with van der Waals surface area (Å²) in [7, 11) is 1.29. The van der Waals surface area contributed by atoms with Crippen LogP contribution in [0.4, 0.5) is 8.78 Å². The molecule has 6 atom stereocenters. The number of rotatable bonds is 6. The highest BCUT2D eigenvalue weighted by Gasteiger charge is 2.70. The fourth-order valence-electron chi connectivity index (χ4n) is 5.36. The van der Waals surface area contributed by atoms with Crippen molar-refractivity contribution in [2.45, 2.75) is 42.3 Å². The van der Waals surface area contributed by atoms with Crippen LogP contribution in [0.5, 0.6) is 0 Å². The molecule has 3 aliphatic heterocycles. The van der Waals surface area contributed by atoms with Gasteiger partial charge in [0.05, 0.1) is 19.6 Å². The molecule has 3 unspecified atom stereocenters. The molecule has 0 aliphatic carbocycles. The van der Waals surface area contributed by atoms with Crippen LogP contribution in [0.3, 0.4) is 0 Å². The number of nitrogens with zero attached hydrogens (tertiary/aromatic N) is 4. The number of ether oxygens (including phenoxy) is 2. The topological polar surface area (TPSA) is 141 Å². The summed E-state index contributed by atoms with van der Waals surface area (Å²) in [6.07, 6.45) is -7.87. The molecule has 4 N–H and O–H groups in total. The van der Waals surface area contributed by atoms with Crippen LogP contribution in [0, 0.1) is 0 Å². The lowest BCUT2D eigenvalue weighted by Gasteiger charge is -2.53. The predicted octanol–water partition coefficient (Wildman–Crippen LogP) is 0.253. The fourth-order valence-corrected chi connectivity index (χ4v) is 5.36. The van der Waals surface area contributed by atoms with E-state index in [1.54, 1.807) is 48.5 Å². The number of fused-ring (bicyclic) bond motifs is 1. The van der Waals surface area contributed by atoms with Gasteiger partial charge in [-0.05, 0) is 12.1 Å². The van der Waals surface area contributed by atoms with Gasteiger partial charge in [-0.1, -0.05) is 48.5 Å². The molecule has 38 heavy (non-hydrogen) atoms. The Hall–Kier alpha value is -3.33. The molecule has 13 heteroatoms. The van der Waals surface area contributed by atoms with E-state index in [-0.39, 0.29) is 17.8 Å². The molecule has 202 valence electrons. The Kier molecular flexibility index (Phi) is 6.75. The van der Waals surface area contributed by atoms with Crippen LogP contribution >= 0.6 is 0 Å². The first-order chi connectivity index (χ1) is 18.2. The number of hydrogen-bond acceptors (Lipinski definition) is 10. The maximum Gasteiger partial charge on any atom is 0.319 e. The number of aliphatic hydroxyl groups is 2. The number of ketones is 1. The quantitative estimate of drug-likeness (QED) is 0.353. The Labute approximate surface area is 216 Å². The smallest absolute Gasteiger partial charge is 0.319 e. The third-order valence-electron chi connectivity index (χ3n) is 7.10. The molecule has 0 bridgehead atoms. The van der Waals surface area contributed by atoms with Crippen molar-refractivity contribution in [2.75, 3.05) is 20.4 Å². The molecule has 0 aromatic heterocycles. The molecule has 3 heterocycles. The number of methoxy groups -OCH3 is 1. The molecule has 1 amide bonds. The normalized spacial score (nSPS) is 32.4. The van der Waals surface area contributed by atoms with Crippen molar-refractivity contribution in [2.24, 2.45) is 10.8 Å². The van der Waals surface area contributed by atoms with Gasteiger partial charge in [-0.3, -0.25) is 20.4 Å². The largest absolute Gasteiger partial charge is 0.394 e. The Bertz CT molecular complexity index is 1220. The number of nitrogens with two attached hydrogens (primary N) is 1. The minimum absolute atomic E-state index is 0.188. The van der Waals surface area contributed by atoms with Crippen molar-refractivity contribution in [1.82, 2.24) is 14.8 Å². The second-order valence-corrected chi connectivity index (χ2v) is 9.30. The van der Waals surface area contributed by atoms with Crippen molar-refractivity contribution >= 4 is 18.0 Å². The number of benzene rings is 2. The Morgan fingerprint density at radius 3 is 2.29 bits per heavy atom. The Morgan fingerprint density at radius 2 is 1.74 bits per heavy atom. The summed E-state index contributed by atoms with van der Waals surface area (Å²) in [6, 6.07) is 16.1. The van der Waals surface area contributed by atoms with Crippen molar-refractivity contribution in [1.29, 1.82) is 0 Å². The standard InChI is InChI=1S/C25H27F2N5O6/c1-37-22-24(18(34)15-8-4-2-5-9-15)21(31(14-32(22)28)20(36)16-10-6-3-7-11-16)30(13-29-24)23-25(26,27)19(35)17(12-33)38-23/h2-11,13,17,19,21-23,33,35H,12,14,28H2,1H3/t17-,19-,21?,22?,23-,24?/m1/s1. The zero-order valence-corrected chi connectivity index (χ0v) is 20.3. The van der Waals surface area contributed by atoms with Gasteiger partial charge in [0.2, 0.25) is 5.54 Å². The van der Waals surface area contributed by atoms with E-state index < -0.39 is 60.6 Å². The van der Waals surface area contributed by atoms with Crippen molar-refractivity contribution in [3.05, 3.63) is 71.8 Å².